The molecule has 0 spiro atoms. The fourth-order valence-electron chi connectivity index (χ4n) is 9.17. The summed E-state index contributed by atoms with van der Waals surface area (Å²) < 4.78 is 45.8. The number of carbonyl (C=O) groups is 6. The minimum atomic E-state index is -0.451. The summed E-state index contributed by atoms with van der Waals surface area (Å²) >= 11 is 1.32. The van der Waals surface area contributed by atoms with E-state index in [9.17, 15) is 28.8 Å². The second-order valence-electron chi connectivity index (χ2n) is 19.2. The normalized spacial score (nSPS) is 16.8. The molecule has 0 radical (unpaired) electrons. The molecule has 1 aromatic heterocycles. The van der Waals surface area contributed by atoms with E-state index in [-0.39, 0.29) is 29.5 Å². The molecule has 0 saturated heterocycles. The van der Waals surface area contributed by atoms with Gasteiger partial charge in [0.15, 0.2) is 11.5 Å². The van der Waals surface area contributed by atoms with Crippen LogP contribution in [0.2, 0.25) is 0 Å². The number of ether oxygens (including phenoxy) is 8. The molecule has 2 aliphatic carbocycles. The monoisotopic (exact) mass is 1080 g/mol. The lowest BCUT2D eigenvalue weighted by atomic mass is 9.82. The maximum Gasteiger partial charge on any atom is 0.330 e. The van der Waals surface area contributed by atoms with Gasteiger partial charge < -0.3 is 37.9 Å². The molecule has 2 aliphatic rings. The molecule has 2 fully saturated rings. The molecular weight excluding hydrogens is 1010 g/mol. The van der Waals surface area contributed by atoms with Crippen molar-refractivity contribution in [1.29, 1.82) is 0 Å². The second kappa shape index (κ2) is 30.2. The predicted octanol–water partition coefficient (Wildman–Crippen LogP) is 12.3. The van der Waals surface area contributed by atoms with Gasteiger partial charge in [-0.15, -0.1) is 17.3 Å². The zero-order valence-electron chi connectivity index (χ0n) is 44.2. The Kier molecular flexibility index (Phi) is 22.5. The van der Waals surface area contributed by atoms with Gasteiger partial charge >= 0.3 is 35.8 Å². The van der Waals surface area contributed by atoms with Gasteiger partial charge in [0.05, 0.1) is 50.1 Å². The number of hydrogen-bond donors (Lipinski definition) is 0. The Labute approximate surface area is 459 Å². The van der Waals surface area contributed by atoms with Crippen LogP contribution in [0.15, 0.2) is 110 Å². The van der Waals surface area contributed by atoms with Crippen LogP contribution in [0.1, 0.15) is 115 Å². The number of thiazole rings is 1. The number of nitrogens with zero attached hydrogens (tertiary/aromatic N) is 1. The van der Waals surface area contributed by atoms with E-state index in [2.05, 4.69) is 25.0 Å². The zero-order valence-corrected chi connectivity index (χ0v) is 45.0. The Hall–Kier alpha value is -7.77. The first-order valence-corrected chi connectivity index (χ1v) is 27.7. The van der Waals surface area contributed by atoms with Crippen LogP contribution in [0, 0.1) is 35.5 Å². The molecule has 2 saturated carbocycles. The quantitative estimate of drug-likeness (QED) is 0.0159. The molecule has 4 aromatic carbocycles. The van der Waals surface area contributed by atoms with Crippen molar-refractivity contribution in [2.24, 2.45) is 23.7 Å². The molecule has 5 aromatic rings. The van der Waals surface area contributed by atoms with Gasteiger partial charge in [0.1, 0.15) is 38.2 Å². The third-order valence-corrected chi connectivity index (χ3v) is 14.7. The molecule has 1 heterocycles. The molecule has 0 atom stereocenters. The summed E-state index contributed by atoms with van der Waals surface area (Å²) in [4.78, 5) is 81.2. The fourth-order valence-corrected chi connectivity index (χ4v) is 10.2. The van der Waals surface area contributed by atoms with Gasteiger partial charge in [-0.1, -0.05) is 31.2 Å². The minimum absolute atomic E-state index is 0.235. The SMILES string of the molecule is C=CC(=O)OCCCCCCOc1ccc(OC(=O)C2CCC(C(=O)Oc3ccc(OC(=O)C4CCC(C(=O)Oc5ccc(OCCCCCCOC(=O)C=C)cc5)CC4)c4sc(-c5ccc(C#CC)cc5)nc34)CC2)cc1. The molecule has 16 heteroatoms. The molecule has 0 N–H and O–H groups in total. The van der Waals surface area contributed by atoms with E-state index in [0.717, 1.165) is 74.6 Å². The third-order valence-electron chi connectivity index (χ3n) is 13.6. The number of esters is 6. The first kappa shape index (κ1) is 57.9. The van der Waals surface area contributed by atoms with Gasteiger partial charge in [0.25, 0.3) is 0 Å². The number of fused-ring (bicyclic) bond motifs is 1. The molecule has 0 unspecified atom stereocenters. The Morgan fingerprint density at radius 3 is 1.31 bits per heavy atom. The molecule has 0 amide bonds. The highest BCUT2D eigenvalue weighted by molar-refractivity contribution is 7.22. The summed E-state index contributed by atoms with van der Waals surface area (Å²) in [6.45, 7) is 10.4. The minimum Gasteiger partial charge on any atom is -0.494 e. The highest BCUT2D eigenvalue weighted by atomic mass is 32.1. The Balaban J connectivity index is 0.876. The van der Waals surface area contributed by atoms with Crippen molar-refractivity contribution in [3.8, 4) is 56.9 Å². The Morgan fingerprint density at radius 2 is 0.885 bits per heavy atom. The van der Waals surface area contributed by atoms with Crippen molar-refractivity contribution >= 4 is 57.4 Å². The molecular formula is C62H67NO14S. The van der Waals surface area contributed by atoms with Gasteiger partial charge in [-0.2, -0.15) is 0 Å². The smallest absolute Gasteiger partial charge is 0.330 e. The van der Waals surface area contributed by atoms with E-state index in [1.54, 1.807) is 67.6 Å². The van der Waals surface area contributed by atoms with Gasteiger partial charge in [-0.3, -0.25) is 19.2 Å². The predicted molar refractivity (Wildman–Crippen MR) is 294 cm³/mol. The van der Waals surface area contributed by atoms with E-state index in [1.807, 2.05) is 24.3 Å². The van der Waals surface area contributed by atoms with Crippen molar-refractivity contribution in [3.05, 3.63) is 116 Å². The number of unbranched alkanes of at least 4 members (excludes halogenated alkanes) is 6. The van der Waals surface area contributed by atoms with E-state index in [4.69, 9.17) is 42.9 Å². The lowest BCUT2D eigenvalue weighted by Gasteiger charge is -2.26. The highest BCUT2D eigenvalue weighted by Gasteiger charge is 2.35. The van der Waals surface area contributed by atoms with Crippen LogP contribution in [0.25, 0.3) is 20.8 Å². The zero-order chi connectivity index (χ0) is 55.1. The number of carbonyl (C=O) groups excluding carboxylic acids is 6. The number of benzene rings is 4. The lowest BCUT2D eigenvalue weighted by molar-refractivity contribution is -0.145. The molecule has 78 heavy (non-hydrogen) atoms. The summed E-state index contributed by atoms with van der Waals surface area (Å²) in [6.07, 6.45) is 12.8. The van der Waals surface area contributed by atoms with Crippen molar-refractivity contribution < 1.29 is 66.7 Å². The summed E-state index contributed by atoms with van der Waals surface area (Å²) in [5.74, 6) is 4.61. The molecule has 0 aliphatic heterocycles. The van der Waals surface area contributed by atoms with E-state index in [1.165, 1.54) is 11.3 Å². The van der Waals surface area contributed by atoms with Crippen LogP contribution in [0.3, 0.4) is 0 Å². The van der Waals surface area contributed by atoms with E-state index < -0.39 is 35.7 Å². The third kappa shape index (κ3) is 17.6. The van der Waals surface area contributed by atoms with Crippen molar-refractivity contribution in [3.63, 3.8) is 0 Å². The van der Waals surface area contributed by atoms with Crippen molar-refractivity contribution in [1.82, 2.24) is 4.98 Å². The topological polar surface area (TPSA) is 189 Å². The first-order valence-electron chi connectivity index (χ1n) is 26.9. The second-order valence-corrected chi connectivity index (χ2v) is 20.2. The fraction of sp³-hybridized carbons (Fsp3) is 0.403. The average molecular weight is 1080 g/mol. The highest BCUT2D eigenvalue weighted by Crippen LogP contribution is 2.42. The Bertz CT molecular complexity index is 2740. The standard InChI is InChI=1S/C62H67NO14S/c1-4-15-42-16-18-43(19-17-42)58-63-56-52(76-61(68)46-24-20-44(21-25-46)59(66)74-50-32-28-48(29-33-50)70-38-11-7-9-13-40-72-54(64)5-2)36-37-53(57(56)78-58)77-62(69)47-26-22-45(23-27-47)60(67)75-51-34-30-49(31-35-51)71-39-12-8-10-14-41-73-55(65)6-3/h5-6,16-19,28-37,44-47H,2-3,7-14,20-27,38-41H2,1H3. The van der Waals surface area contributed by atoms with E-state index in [0.29, 0.717) is 122 Å². The number of rotatable bonds is 27. The number of aromatic nitrogens is 1. The van der Waals surface area contributed by atoms with Crippen LogP contribution in [-0.4, -0.2) is 67.2 Å². The van der Waals surface area contributed by atoms with Crippen LogP contribution in [0.5, 0.6) is 34.5 Å². The molecule has 0 bridgehead atoms. The van der Waals surface area contributed by atoms with Crippen LogP contribution in [0.4, 0.5) is 0 Å². The summed E-state index contributed by atoms with van der Waals surface area (Å²) in [5.41, 5.74) is 2.04. The summed E-state index contributed by atoms with van der Waals surface area (Å²) in [7, 11) is 0. The van der Waals surface area contributed by atoms with E-state index >= 15 is 0 Å². The van der Waals surface area contributed by atoms with Gasteiger partial charge in [0.2, 0.25) is 0 Å². The molecule has 410 valence electrons. The summed E-state index contributed by atoms with van der Waals surface area (Å²) in [6, 6.07) is 24.7. The van der Waals surface area contributed by atoms with Gasteiger partial charge in [-0.25, -0.2) is 14.6 Å². The number of hydrogen-bond acceptors (Lipinski definition) is 16. The molecule has 7 rings (SSSR count). The largest absolute Gasteiger partial charge is 0.494 e. The lowest BCUT2D eigenvalue weighted by Crippen LogP contribution is -2.30. The van der Waals surface area contributed by atoms with Crippen molar-refractivity contribution in [2.45, 2.75) is 110 Å². The van der Waals surface area contributed by atoms with Gasteiger partial charge in [0, 0.05) is 23.3 Å². The van der Waals surface area contributed by atoms with Crippen LogP contribution in [-0.2, 0) is 38.2 Å². The van der Waals surface area contributed by atoms with Crippen LogP contribution < -0.4 is 28.4 Å². The maximum absolute atomic E-state index is 13.8. The maximum atomic E-state index is 13.8. The first-order chi connectivity index (χ1) is 38.0. The molecule has 15 nitrogen and oxygen atoms in total. The Morgan fingerprint density at radius 1 is 0.500 bits per heavy atom. The van der Waals surface area contributed by atoms with Crippen molar-refractivity contribution in [2.75, 3.05) is 26.4 Å². The van der Waals surface area contributed by atoms with Gasteiger partial charge in [-0.05, 0) is 182 Å². The summed E-state index contributed by atoms with van der Waals surface area (Å²) in [5, 5.41) is 0.632. The van der Waals surface area contributed by atoms with Crippen LogP contribution >= 0.6 is 11.3 Å². The average Bonchev–Trinajstić information content (AvgIpc) is 3.95.